The molecular formula is C20H30N6S. The van der Waals surface area contributed by atoms with Gasteiger partial charge in [-0.1, -0.05) is 25.3 Å². The van der Waals surface area contributed by atoms with Crippen molar-refractivity contribution in [2.75, 3.05) is 31.9 Å². The highest BCUT2D eigenvalue weighted by Crippen LogP contribution is 2.42. The number of hydrogen-bond donors (Lipinski definition) is 1. The van der Waals surface area contributed by atoms with E-state index in [2.05, 4.69) is 43.5 Å². The van der Waals surface area contributed by atoms with E-state index in [9.17, 15) is 0 Å². The number of pyridine rings is 1. The molecule has 0 atom stereocenters. The lowest BCUT2D eigenvalue weighted by molar-refractivity contribution is 0.293. The highest BCUT2D eigenvalue weighted by molar-refractivity contribution is 8.00. The topological polar surface area (TPSA) is 57.8 Å². The first-order valence-electron chi connectivity index (χ1n) is 10.3. The van der Waals surface area contributed by atoms with Crippen molar-refractivity contribution in [2.45, 2.75) is 50.2 Å². The van der Waals surface area contributed by atoms with Gasteiger partial charge in [0.05, 0.1) is 0 Å². The Bertz CT molecular complexity index is 774. The van der Waals surface area contributed by atoms with Crippen LogP contribution in [-0.4, -0.2) is 62.1 Å². The summed E-state index contributed by atoms with van der Waals surface area (Å²) in [5.41, 5.74) is 0.899. The van der Waals surface area contributed by atoms with Crippen molar-refractivity contribution in [2.24, 2.45) is 4.99 Å². The third-order valence-corrected chi connectivity index (χ3v) is 7.17. The molecule has 0 amide bonds. The highest BCUT2D eigenvalue weighted by Gasteiger charge is 2.38. The van der Waals surface area contributed by atoms with Crippen molar-refractivity contribution in [3.05, 3.63) is 30.2 Å². The van der Waals surface area contributed by atoms with E-state index in [-0.39, 0.29) is 0 Å². The summed E-state index contributed by atoms with van der Waals surface area (Å²) in [6.45, 7) is 6.01. The van der Waals surface area contributed by atoms with Gasteiger partial charge in [0.2, 0.25) is 0 Å². The fraction of sp³-hybridized carbons (Fsp3) is 0.650. The van der Waals surface area contributed by atoms with Crippen LogP contribution in [0.4, 0.5) is 0 Å². The summed E-state index contributed by atoms with van der Waals surface area (Å²) in [6.07, 6.45) is 9.71. The minimum Gasteiger partial charge on any atom is -0.357 e. The molecule has 2 aromatic heterocycles. The zero-order valence-electron chi connectivity index (χ0n) is 16.2. The van der Waals surface area contributed by atoms with Crippen LogP contribution < -0.4 is 5.32 Å². The second-order valence-corrected chi connectivity index (χ2v) is 9.11. The molecule has 1 saturated carbocycles. The quantitative estimate of drug-likeness (QED) is 0.647. The average Bonchev–Trinajstić information content (AvgIpc) is 3.11. The van der Waals surface area contributed by atoms with Crippen molar-refractivity contribution in [3.8, 4) is 0 Å². The summed E-state index contributed by atoms with van der Waals surface area (Å²) in [5, 5.41) is 12.1. The summed E-state index contributed by atoms with van der Waals surface area (Å²) >= 11 is 2.20. The van der Waals surface area contributed by atoms with Crippen molar-refractivity contribution >= 4 is 23.4 Å². The van der Waals surface area contributed by atoms with Gasteiger partial charge in [-0.25, -0.2) is 0 Å². The van der Waals surface area contributed by atoms with Gasteiger partial charge >= 0.3 is 0 Å². The molecule has 1 N–H and O–H groups in total. The molecule has 1 aliphatic heterocycles. The maximum Gasteiger partial charge on any atom is 0.194 e. The number of guanidine groups is 1. The number of rotatable bonds is 4. The van der Waals surface area contributed by atoms with Crippen molar-refractivity contribution in [1.29, 1.82) is 0 Å². The zero-order chi connectivity index (χ0) is 18.5. The zero-order valence-corrected chi connectivity index (χ0v) is 17.0. The summed E-state index contributed by atoms with van der Waals surface area (Å²) in [4.78, 5) is 7.43. The molecule has 1 spiro atoms. The third kappa shape index (κ3) is 4.23. The lowest BCUT2D eigenvalue weighted by Crippen LogP contribution is -2.53. The van der Waals surface area contributed by atoms with Crippen LogP contribution in [0.3, 0.4) is 0 Å². The number of fused-ring (bicyclic) bond motifs is 1. The van der Waals surface area contributed by atoms with E-state index >= 15 is 0 Å². The number of aliphatic imine (C=N–C) groups is 1. The monoisotopic (exact) mass is 386 g/mol. The molecule has 1 aliphatic carbocycles. The summed E-state index contributed by atoms with van der Waals surface area (Å²) < 4.78 is 2.51. The fourth-order valence-electron chi connectivity index (χ4n) is 4.27. The van der Waals surface area contributed by atoms with Crippen LogP contribution in [0.2, 0.25) is 0 Å². The first kappa shape index (κ1) is 18.6. The minimum absolute atomic E-state index is 0.454. The Kier molecular flexibility index (Phi) is 5.86. The Labute approximate surface area is 165 Å². The van der Waals surface area contributed by atoms with E-state index in [4.69, 9.17) is 4.99 Å². The molecule has 0 bridgehead atoms. The van der Waals surface area contributed by atoms with Gasteiger partial charge < -0.3 is 10.2 Å². The molecule has 6 nitrogen and oxygen atoms in total. The van der Waals surface area contributed by atoms with E-state index < -0.39 is 0 Å². The van der Waals surface area contributed by atoms with Gasteiger partial charge in [-0.3, -0.25) is 9.39 Å². The SMILES string of the molecule is CCNC(=NCCc1nnc2ccccn12)N1CCSC2(CCCCC2)C1. The summed E-state index contributed by atoms with van der Waals surface area (Å²) in [7, 11) is 0. The van der Waals surface area contributed by atoms with Gasteiger partial charge in [-0.2, -0.15) is 11.8 Å². The van der Waals surface area contributed by atoms with E-state index in [1.165, 1.54) is 37.9 Å². The maximum atomic E-state index is 4.94. The predicted octanol–water partition coefficient (Wildman–Crippen LogP) is 2.99. The van der Waals surface area contributed by atoms with E-state index in [0.29, 0.717) is 4.75 Å². The molecule has 0 radical (unpaired) electrons. The first-order valence-corrected chi connectivity index (χ1v) is 11.2. The molecule has 27 heavy (non-hydrogen) atoms. The van der Waals surface area contributed by atoms with Gasteiger partial charge in [-0.15, -0.1) is 10.2 Å². The highest BCUT2D eigenvalue weighted by atomic mass is 32.2. The van der Waals surface area contributed by atoms with Crippen molar-refractivity contribution in [3.63, 3.8) is 0 Å². The largest absolute Gasteiger partial charge is 0.357 e. The van der Waals surface area contributed by atoms with Crippen LogP contribution in [0.25, 0.3) is 5.65 Å². The van der Waals surface area contributed by atoms with Gasteiger partial charge in [0.1, 0.15) is 5.82 Å². The van der Waals surface area contributed by atoms with Crippen LogP contribution in [0, 0.1) is 0 Å². The van der Waals surface area contributed by atoms with Crippen molar-refractivity contribution in [1.82, 2.24) is 24.8 Å². The normalized spacial score (nSPS) is 20.3. The molecule has 2 aliphatic rings. The maximum absolute atomic E-state index is 4.94. The van der Waals surface area contributed by atoms with Crippen LogP contribution in [0.1, 0.15) is 44.9 Å². The Morgan fingerprint density at radius 2 is 2.15 bits per heavy atom. The molecule has 0 unspecified atom stereocenters. The fourth-order valence-corrected chi connectivity index (χ4v) is 5.84. The third-order valence-electron chi connectivity index (χ3n) is 5.63. The number of nitrogens with zero attached hydrogens (tertiary/aromatic N) is 5. The molecule has 1 saturated heterocycles. The van der Waals surface area contributed by atoms with Crippen LogP contribution >= 0.6 is 11.8 Å². The molecule has 0 aromatic carbocycles. The Morgan fingerprint density at radius 1 is 1.26 bits per heavy atom. The molecule has 2 aromatic rings. The van der Waals surface area contributed by atoms with Crippen LogP contribution in [-0.2, 0) is 6.42 Å². The van der Waals surface area contributed by atoms with E-state index in [1.807, 2.05) is 24.4 Å². The summed E-state index contributed by atoms with van der Waals surface area (Å²) in [5.74, 6) is 3.25. The summed E-state index contributed by atoms with van der Waals surface area (Å²) in [6, 6.07) is 5.99. The van der Waals surface area contributed by atoms with Gasteiger partial charge in [0, 0.05) is 49.3 Å². The lowest BCUT2D eigenvalue weighted by Gasteiger charge is -2.45. The van der Waals surface area contributed by atoms with Crippen LogP contribution in [0.15, 0.2) is 29.4 Å². The lowest BCUT2D eigenvalue weighted by atomic mass is 9.87. The van der Waals surface area contributed by atoms with E-state index in [0.717, 1.165) is 50.0 Å². The molecular weight excluding hydrogens is 356 g/mol. The molecule has 146 valence electrons. The Morgan fingerprint density at radius 3 is 3.00 bits per heavy atom. The second kappa shape index (κ2) is 8.50. The minimum atomic E-state index is 0.454. The number of nitrogens with one attached hydrogen (secondary N) is 1. The molecule has 2 fully saturated rings. The molecule has 4 rings (SSSR count). The van der Waals surface area contributed by atoms with Gasteiger partial charge in [0.15, 0.2) is 11.6 Å². The molecule has 7 heteroatoms. The van der Waals surface area contributed by atoms with Gasteiger partial charge in [-0.05, 0) is 31.9 Å². The first-order chi connectivity index (χ1) is 13.3. The van der Waals surface area contributed by atoms with Gasteiger partial charge in [0.25, 0.3) is 0 Å². The van der Waals surface area contributed by atoms with Crippen molar-refractivity contribution < 1.29 is 0 Å². The Hall–Kier alpha value is -1.76. The average molecular weight is 387 g/mol. The standard InChI is InChI=1S/C20H30N6S/c1-2-21-19(25-14-15-27-20(16-25)10-5-3-6-11-20)22-12-9-18-24-23-17-8-4-7-13-26(17)18/h4,7-8,13H,2-3,5-6,9-12,14-16H2,1H3,(H,21,22). The molecule has 3 heterocycles. The second-order valence-electron chi connectivity index (χ2n) is 7.54. The van der Waals surface area contributed by atoms with E-state index in [1.54, 1.807) is 0 Å². The Balaban J connectivity index is 1.43. The number of hydrogen-bond acceptors (Lipinski definition) is 4. The number of thioether (sulfide) groups is 1. The number of aromatic nitrogens is 3. The predicted molar refractivity (Wildman–Crippen MR) is 113 cm³/mol. The van der Waals surface area contributed by atoms with Crippen LogP contribution in [0.5, 0.6) is 0 Å². The smallest absolute Gasteiger partial charge is 0.194 e.